The van der Waals surface area contributed by atoms with E-state index in [1.165, 1.54) is 4.68 Å². The molecule has 0 aliphatic carbocycles. The summed E-state index contributed by atoms with van der Waals surface area (Å²) >= 11 is 0. The molecule has 1 atom stereocenters. The van der Waals surface area contributed by atoms with Crippen molar-refractivity contribution >= 4 is 16.7 Å². The Morgan fingerprint density at radius 1 is 1.17 bits per heavy atom. The van der Waals surface area contributed by atoms with Crippen LogP contribution in [0.4, 0.5) is 0 Å². The molecule has 0 aliphatic rings. The number of hydrogen-bond donors (Lipinski definition) is 1. The minimum Gasteiger partial charge on any atom is -0.348 e. The molecule has 1 N–H and O–H groups in total. The minimum absolute atomic E-state index is 0.111. The van der Waals surface area contributed by atoms with Crippen molar-refractivity contribution in [2.24, 2.45) is 0 Å². The summed E-state index contributed by atoms with van der Waals surface area (Å²) in [5.41, 5.74) is 1.41. The first kappa shape index (κ1) is 15.9. The molecule has 0 spiro atoms. The van der Waals surface area contributed by atoms with Gasteiger partial charge in [0.05, 0.1) is 17.1 Å². The van der Waals surface area contributed by atoms with Gasteiger partial charge in [0, 0.05) is 17.8 Å². The van der Waals surface area contributed by atoms with Gasteiger partial charge in [-0.3, -0.25) is 14.6 Å². The molecule has 6 nitrogen and oxygen atoms in total. The second-order valence-corrected chi connectivity index (χ2v) is 5.66. The molecule has 0 saturated carbocycles. The standard InChI is InChI=1S/C18H18N4O2/c1-12(14-7-9-19-10-8-14)20-17(23)11-22-18(24)16-6-4-3-5-15(16)13(2)21-22/h3-10,12H,11H2,1-2H3,(H,20,23)/t12-/m1/s1. The second-order valence-electron chi connectivity index (χ2n) is 5.66. The van der Waals surface area contributed by atoms with E-state index in [9.17, 15) is 9.59 Å². The van der Waals surface area contributed by atoms with Crippen LogP contribution in [0, 0.1) is 6.92 Å². The SMILES string of the molecule is Cc1nn(CC(=O)N[C@H](C)c2ccncc2)c(=O)c2ccccc12. The molecule has 6 heteroatoms. The van der Waals surface area contributed by atoms with Crippen LogP contribution in [-0.4, -0.2) is 20.7 Å². The number of benzene rings is 1. The highest BCUT2D eigenvalue weighted by atomic mass is 16.2. The van der Waals surface area contributed by atoms with Crippen molar-refractivity contribution in [2.75, 3.05) is 0 Å². The highest BCUT2D eigenvalue weighted by Gasteiger charge is 2.13. The molecule has 2 heterocycles. The number of carbonyl (C=O) groups excluding carboxylic acids is 1. The van der Waals surface area contributed by atoms with Gasteiger partial charge in [0.2, 0.25) is 5.91 Å². The quantitative estimate of drug-likeness (QED) is 0.797. The lowest BCUT2D eigenvalue weighted by Gasteiger charge is -2.15. The smallest absolute Gasteiger partial charge is 0.275 e. The van der Waals surface area contributed by atoms with Crippen molar-refractivity contribution in [2.45, 2.75) is 26.4 Å². The molecule has 2 aromatic heterocycles. The lowest BCUT2D eigenvalue weighted by molar-refractivity contribution is -0.122. The number of nitrogens with one attached hydrogen (secondary N) is 1. The Bertz CT molecular complexity index is 935. The maximum absolute atomic E-state index is 12.5. The number of fused-ring (bicyclic) bond motifs is 1. The minimum atomic E-state index is -0.261. The molecule has 1 aromatic carbocycles. The van der Waals surface area contributed by atoms with Crippen LogP contribution in [0.25, 0.3) is 10.8 Å². The van der Waals surface area contributed by atoms with Crippen molar-refractivity contribution in [3.8, 4) is 0 Å². The van der Waals surface area contributed by atoms with E-state index in [0.717, 1.165) is 16.6 Å². The fourth-order valence-electron chi connectivity index (χ4n) is 2.67. The van der Waals surface area contributed by atoms with E-state index in [4.69, 9.17) is 0 Å². The van der Waals surface area contributed by atoms with Gasteiger partial charge in [-0.1, -0.05) is 18.2 Å². The van der Waals surface area contributed by atoms with E-state index < -0.39 is 0 Å². The summed E-state index contributed by atoms with van der Waals surface area (Å²) in [5.74, 6) is -0.261. The van der Waals surface area contributed by atoms with Crippen LogP contribution < -0.4 is 10.9 Å². The monoisotopic (exact) mass is 322 g/mol. The molecule has 3 rings (SSSR count). The van der Waals surface area contributed by atoms with Gasteiger partial charge >= 0.3 is 0 Å². The summed E-state index contributed by atoms with van der Waals surface area (Å²) in [7, 11) is 0. The van der Waals surface area contributed by atoms with Crippen molar-refractivity contribution in [3.05, 3.63) is 70.4 Å². The number of carbonyl (C=O) groups is 1. The van der Waals surface area contributed by atoms with Crippen LogP contribution in [-0.2, 0) is 11.3 Å². The molecule has 0 aliphatic heterocycles. The van der Waals surface area contributed by atoms with Crippen LogP contribution in [0.5, 0.6) is 0 Å². The van der Waals surface area contributed by atoms with Gasteiger partial charge in [0.15, 0.2) is 0 Å². The van der Waals surface area contributed by atoms with Gasteiger partial charge in [-0.25, -0.2) is 4.68 Å². The summed E-state index contributed by atoms with van der Waals surface area (Å²) in [5, 5.41) is 8.51. The molecule has 0 radical (unpaired) electrons. The van der Waals surface area contributed by atoms with Gasteiger partial charge in [0.1, 0.15) is 6.54 Å². The average Bonchev–Trinajstić information content (AvgIpc) is 2.60. The van der Waals surface area contributed by atoms with E-state index in [-0.39, 0.29) is 24.1 Å². The first-order chi connectivity index (χ1) is 11.6. The lowest BCUT2D eigenvalue weighted by Crippen LogP contribution is -2.35. The van der Waals surface area contributed by atoms with E-state index in [1.807, 2.05) is 38.1 Å². The molecule has 0 saturated heterocycles. The highest BCUT2D eigenvalue weighted by molar-refractivity contribution is 5.83. The number of rotatable bonds is 4. The third-order valence-electron chi connectivity index (χ3n) is 3.93. The largest absolute Gasteiger partial charge is 0.348 e. The number of aryl methyl sites for hydroxylation is 1. The Balaban J connectivity index is 1.81. The molecule has 0 bridgehead atoms. The fourth-order valence-corrected chi connectivity index (χ4v) is 2.67. The first-order valence-corrected chi connectivity index (χ1v) is 7.72. The normalized spacial score (nSPS) is 12.1. The van der Waals surface area contributed by atoms with Crippen LogP contribution in [0.15, 0.2) is 53.6 Å². The van der Waals surface area contributed by atoms with Crippen LogP contribution >= 0.6 is 0 Å². The van der Waals surface area contributed by atoms with Crippen molar-refractivity contribution in [1.29, 1.82) is 0 Å². The molecule has 122 valence electrons. The predicted octanol–water partition coefficient (Wildman–Crippen LogP) is 1.98. The third-order valence-corrected chi connectivity index (χ3v) is 3.93. The van der Waals surface area contributed by atoms with Gasteiger partial charge in [0.25, 0.3) is 5.56 Å². The molecule has 0 unspecified atom stereocenters. The van der Waals surface area contributed by atoms with Crippen LogP contribution in [0.2, 0.25) is 0 Å². The fraction of sp³-hybridized carbons (Fsp3) is 0.222. The second kappa shape index (κ2) is 6.62. The van der Waals surface area contributed by atoms with E-state index in [1.54, 1.807) is 24.5 Å². The lowest BCUT2D eigenvalue weighted by atomic mass is 10.1. The topological polar surface area (TPSA) is 76.9 Å². The average molecular weight is 322 g/mol. The molecular formula is C18H18N4O2. The van der Waals surface area contributed by atoms with Crippen LogP contribution in [0.3, 0.4) is 0 Å². The maximum atomic E-state index is 12.5. The number of hydrogen-bond acceptors (Lipinski definition) is 4. The Morgan fingerprint density at radius 2 is 1.83 bits per heavy atom. The number of aromatic nitrogens is 3. The summed E-state index contributed by atoms with van der Waals surface area (Å²) in [6, 6.07) is 10.8. The summed E-state index contributed by atoms with van der Waals surface area (Å²) in [6.07, 6.45) is 3.35. The number of amides is 1. The van der Waals surface area contributed by atoms with Gasteiger partial charge in [-0.05, 0) is 37.6 Å². The molecule has 24 heavy (non-hydrogen) atoms. The van der Waals surface area contributed by atoms with Crippen molar-refractivity contribution < 1.29 is 4.79 Å². The molecular weight excluding hydrogens is 304 g/mol. The van der Waals surface area contributed by atoms with Crippen LogP contribution in [0.1, 0.15) is 24.2 Å². The predicted molar refractivity (Wildman–Crippen MR) is 91.5 cm³/mol. The number of nitrogens with zero attached hydrogens (tertiary/aromatic N) is 3. The molecule has 1 amide bonds. The molecule has 0 fully saturated rings. The highest BCUT2D eigenvalue weighted by Crippen LogP contribution is 2.12. The van der Waals surface area contributed by atoms with E-state index >= 15 is 0 Å². The summed E-state index contributed by atoms with van der Waals surface area (Å²) < 4.78 is 1.21. The van der Waals surface area contributed by atoms with Gasteiger partial charge in [-0.15, -0.1) is 0 Å². The Hall–Kier alpha value is -3.02. The maximum Gasteiger partial charge on any atom is 0.275 e. The van der Waals surface area contributed by atoms with E-state index in [0.29, 0.717) is 5.39 Å². The van der Waals surface area contributed by atoms with Crippen molar-refractivity contribution in [1.82, 2.24) is 20.1 Å². The zero-order valence-electron chi connectivity index (χ0n) is 13.6. The first-order valence-electron chi connectivity index (χ1n) is 7.72. The zero-order valence-corrected chi connectivity index (χ0v) is 13.6. The Morgan fingerprint density at radius 3 is 2.54 bits per heavy atom. The van der Waals surface area contributed by atoms with Crippen molar-refractivity contribution in [3.63, 3.8) is 0 Å². The molecule has 3 aromatic rings. The third kappa shape index (κ3) is 3.17. The van der Waals surface area contributed by atoms with E-state index in [2.05, 4.69) is 15.4 Å². The Kier molecular flexibility index (Phi) is 4.37. The summed E-state index contributed by atoms with van der Waals surface area (Å²) in [4.78, 5) is 28.7. The zero-order chi connectivity index (χ0) is 17.1. The van der Waals surface area contributed by atoms with Gasteiger partial charge in [-0.2, -0.15) is 5.10 Å². The summed E-state index contributed by atoms with van der Waals surface area (Å²) in [6.45, 7) is 3.60. The van der Waals surface area contributed by atoms with Gasteiger partial charge < -0.3 is 5.32 Å². The number of pyridine rings is 1. The Labute approximate surface area is 139 Å².